The third-order valence-corrected chi connectivity index (χ3v) is 5.38. The van der Waals surface area contributed by atoms with Crippen molar-refractivity contribution in [3.63, 3.8) is 0 Å². The zero-order chi connectivity index (χ0) is 18.4. The lowest BCUT2D eigenvalue weighted by Crippen LogP contribution is -3.16. The summed E-state index contributed by atoms with van der Waals surface area (Å²) in [5.41, 5.74) is 4.08. The number of benzene rings is 1. The molecule has 1 saturated heterocycles. The quantitative estimate of drug-likeness (QED) is 0.792. The van der Waals surface area contributed by atoms with Crippen molar-refractivity contribution in [1.29, 1.82) is 0 Å². The van der Waals surface area contributed by atoms with Crippen LogP contribution in [0, 0.1) is 19.8 Å². The molecule has 25 heavy (non-hydrogen) atoms. The van der Waals surface area contributed by atoms with E-state index in [2.05, 4.69) is 63.0 Å². The molecular weight excluding hydrogens is 310 g/mol. The van der Waals surface area contributed by atoms with Gasteiger partial charge in [0.05, 0.1) is 26.2 Å². The molecule has 0 aliphatic carbocycles. The maximum Gasteiger partial charge on any atom is 0.275 e. The fourth-order valence-electron chi connectivity index (χ4n) is 3.53. The van der Waals surface area contributed by atoms with Crippen LogP contribution in [0.5, 0.6) is 0 Å². The summed E-state index contributed by atoms with van der Waals surface area (Å²) in [5, 5.41) is 3.17. The summed E-state index contributed by atoms with van der Waals surface area (Å²) in [6, 6.07) is 6.82. The molecule has 0 radical (unpaired) electrons. The highest BCUT2D eigenvalue weighted by atomic mass is 16.2. The van der Waals surface area contributed by atoms with E-state index >= 15 is 0 Å². The van der Waals surface area contributed by atoms with Crippen LogP contribution in [0.4, 0.5) is 5.69 Å². The summed E-state index contributed by atoms with van der Waals surface area (Å²) < 4.78 is 0. The van der Waals surface area contributed by atoms with Gasteiger partial charge in [-0.15, -0.1) is 0 Å². The van der Waals surface area contributed by atoms with E-state index in [1.165, 1.54) is 28.1 Å². The number of anilines is 1. The largest absolute Gasteiger partial charge is 0.360 e. The number of hydrogen-bond donors (Lipinski definition) is 2. The van der Waals surface area contributed by atoms with Crippen LogP contribution < -0.4 is 15.1 Å². The predicted molar refractivity (Wildman–Crippen MR) is 105 cm³/mol. The van der Waals surface area contributed by atoms with Gasteiger partial charge in [-0.1, -0.05) is 26.0 Å². The number of carbonyl (C=O) groups excluding carboxylic acids is 1. The molecule has 140 valence electrons. The summed E-state index contributed by atoms with van der Waals surface area (Å²) in [4.78, 5) is 16.1. The maximum absolute atomic E-state index is 12.3. The Bertz CT molecular complexity index is 562. The summed E-state index contributed by atoms with van der Waals surface area (Å²) in [5.74, 6) is 0.898. The lowest BCUT2D eigenvalue weighted by molar-refractivity contribution is -0.892. The molecule has 0 spiro atoms. The first-order chi connectivity index (χ1) is 11.9. The molecule has 2 N–H and O–H groups in total. The number of carbonyl (C=O) groups is 1. The van der Waals surface area contributed by atoms with Crippen molar-refractivity contribution in [2.75, 3.05) is 37.6 Å². The Kier molecular flexibility index (Phi) is 7.30. The smallest absolute Gasteiger partial charge is 0.275 e. The van der Waals surface area contributed by atoms with Crippen molar-refractivity contribution in [2.45, 2.75) is 53.5 Å². The number of nitrogens with one attached hydrogen (secondary N) is 2. The predicted octanol–water partition coefficient (Wildman–Crippen LogP) is 1.95. The minimum absolute atomic E-state index is 0.200. The Balaban J connectivity index is 1.76. The normalized spacial score (nSPS) is 17.0. The molecule has 1 aromatic rings. The molecule has 0 bridgehead atoms. The number of quaternary nitrogens is 1. The first-order valence-corrected chi connectivity index (χ1v) is 9.81. The van der Waals surface area contributed by atoms with Crippen molar-refractivity contribution in [1.82, 2.24) is 5.32 Å². The van der Waals surface area contributed by atoms with Gasteiger partial charge in [0.1, 0.15) is 0 Å². The zero-order valence-corrected chi connectivity index (χ0v) is 16.7. The molecule has 1 atom stereocenters. The molecule has 1 aliphatic heterocycles. The fraction of sp³-hybridized carbons (Fsp3) is 0.667. The summed E-state index contributed by atoms with van der Waals surface area (Å²) in [6.45, 7) is 15.7. The second-order valence-electron chi connectivity index (χ2n) is 8.07. The van der Waals surface area contributed by atoms with E-state index in [-0.39, 0.29) is 11.9 Å². The van der Waals surface area contributed by atoms with Crippen LogP contribution in [0.3, 0.4) is 0 Å². The van der Waals surface area contributed by atoms with E-state index in [1.807, 2.05) is 0 Å². The van der Waals surface area contributed by atoms with Gasteiger partial charge in [-0.05, 0) is 56.7 Å². The molecule has 0 unspecified atom stereocenters. The average Bonchev–Trinajstić information content (AvgIpc) is 2.56. The lowest BCUT2D eigenvalue weighted by atomic mass is 10.0. The highest BCUT2D eigenvalue weighted by molar-refractivity contribution is 5.77. The van der Waals surface area contributed by atoms with Gasteiger partial charge in [0.25, 0.3) is 5.91 Å². The van der Waals surface area contributed by atoms with Gasteiger partial charge in [0, 0.05) is 11.7 Å². The van der Waals surface area contributed by atoms with Crippen LogP contribution in [-0.2, 0) is 4.79 Å². The van der Waals surface area contributed by atoms with Gasteiger partial charge in [-0.3, -0.25) is 4.79 Å². The molecule has 4 heteroatoms. The molecule has 1 amide bonds. The zero-order valence-electron chi connectivity index (χ0n) is 16.7. The van der Waals surface area contributed by atoms with E-state index in [9.17, 15) is 4.79 Å². The Morgan fingerprint density at radius 1 is 1.16 bits per heavy atom. The minimum Gasteiger partial charge on any atom is -0.360 e. The number of piperazine rings is 1. The molecular formula is C21H36N3O+. The van der Waals surface area contributed by atoms with Crippen LogP contribution in [0.15, 0.2) is 18.2 Å². The van der Waals surface area contributed by atoms with Gasteiger partial charge >= 0.3 is 0 Å². The first-order valence-electron chi connectivity index (χ1n) is 9.81. The van der Waals surface area contributed by atoms with Crippen molar-refractivity contribution < 1.29 is 9.69 Å². The maximum atomic E-state index is 12.3. The third kappa shape index (κ3) is 6.03. The third-order valence-electron chi connectivity index (χ3n) is 5.38. The van der Waals surface area contributed by atoms with Gasteiger partial charge in [0.2, 0.25) is 0 Å². The highest BCUT2D eigenvalue weighted by Gasteiger charge is 2.23. The SMILES string of the molecule is Cc1cccc(N2CC[NH+](CC(=O)N[C@@H](C)CCC(C)C)CC2)c1C. The van der Waals surface area contributed by atoms with Gasteiger partial charge < -0.3 is 15.1 Å². The van der Waals surface area contributed by atoms with Crippen LogP contribution >= 0.6 is 0 Å². The number of rotatable bonds is 7. The van der Waals surface area contributed by atoms with Crippen LogP contribution in [-0.4, -0.2) is 44.7 Å². The Morgan fingerprint density at radius 2 is 1.84 bits per heavy atom. The van der Waals surface area contributed by atoms with Crippen LogP contribution in [0.25, 0.3) is 0 Å². The summed E-state index contributed by atoms with van der Waals surface area (Å²) in [6.07, 6.45) is 2.24. The van der Waals surface area contributed by atoms with Crippen LogP contribution in [0.1, 0.15) is 44.7 Å². The Labute approximate surface area is 153 Å². The molecule has 1 aliphatic rings. The summed E-state index contributed by atoms with van der Waals surface area (Å²) >= 11 is 0. The van der Waals surface area contributed by atoms with Crippen molar-refractivity contribution in [2.24, 2.45) is 5.92 Å². The van der Waals surface area contributed by atoms with E-state index in [0.29, 0.717) is 12.5 Å². The van der Waals surface area contributed by atoms with Gasteiger partial charge in [0.15, 0.2) is 6.54 Å². The second kappa shape index (κ2) is 9.23. The van der Waals surface area contributed by atoms with E-state index in [1.54, 1.807) is 0 Å². The monoisotopic (exact) mass is 346 g/mol. The van der Waals surface area contributed by atoms with Gasteiger partial charge in [-0.2, -0.15) is 0 Å². The molecule has 1 heterocycles. The standard InChI is InChI=1S/C21H35N3O/c1-16(2)9-10-18(4)22-21(25)15-23-11-13-24(14-12-23)20-8-6-7-17(3)19(20)5/h6-8,16,18H,9-15H2,1-5H3,(H,22,25)/p+1/t18-/m0/s1. The topological polar surface area (TPSA) is 36.8 Å². The summed E-state index contributed by atoms with van der Waals surface area (Å²) in [7, 11) is 0. The Hall–Kier alpha value is -1.55. The lowest BCUT2D eigenvalue weighted by Gasteiger charge is -2.34. The second-order valence-corrected chi connectivity index (χ2v) is 8.07. The molecule has 4 nitrogen and oxygen atoms in total. The van der Waals surface area contributed by atoms with E-state index in [4.69, 9.17) is 0 Å². The molecule has 2 rings (SSSR count). The van der Waals surface area contributed by atoms with Crippen LogP contribution in [0.2, 0.25) is 0 Å². The van der Waals surface area contributed by atoms with E-state index < -0.39 is 0 Å². The Morgan fingerprint density at radius 3 is 2.48 bits per heavy atom. The molecule has 1 aromatic carbocycles. The number of hydrogen-bond acceptors (Lipinski definition) is 2. The number of nitrogens with zero attached hydrogens (tertiary/aromatic N) is 1. The fourth-order valence-corrected chi connectivity index (χ4v) is 3.53. The van der Waals surface area contributed by atoms with Crippen molar-refractivity contribution in [3.05, 3.63) is 29.3 Å². The average molecular weight is 347 g/mol. The van der Waals surface area contributed by atoms with Gasteiger partial charge in [-0.25, -0.2) is 0 Å². The van der Waals surface area contributed by atoms with Crippen molar-refractivity contribution >= 4 is 11.6 Å². The molecule has 0 aromatic heterocycles. The first kappa shape index (κ1) is 19.8. The molecule has 0 saturated carbocycles. The van der Waals surface area contributed by atoms with Crippen molar-refractivity contribution in [3.8, 4) is 0 Å². The highest BCUT2D eigenvalue weighted by Crippen LogP contribution is 2.22. The minimum atomic E-state index is 0.200. The molecule has 1 fully saturated rings. The van der Waals surface area contributed by atoms with E-state index in [0.717, 1.165) is 32.6 Å². The number of aryl methyl sites for hydroxylation is 1. The number of amides is 1.